The van der Waals surface area contributed by atoms with Crippen molar-refractivity contribution in [3.63, 3.8) is 0 Å². The number of halogens is 4. The topological polar surface area (TPSA) is 21.3 Å². The van der Waals surface area contributed by atoms with Crippen molar-refractivity contribution in [1.29, 1.82) is 0 Å². The van der Waals surface area contributed by atoms with Gasteiger partial charge in [0.2, 0.25) is 0 Å². The predicted molar refractivity (Wildman–Crippen MR) is 112 cm³/mol. The molecule has 3 aromatic rings. The Morgan fingerprint density at radius 3 is 2.54 bits per heavy atom. The first-order valence-electron chi connectivity index (χ1n) is 8.82. The highest BCUT2D eigenvalue weighted by Gasteiger charge is 2.08. The van der Waals surface area contributed by atoms with Crippen molar-refractivity contribution in [2.24, 2.45) is 0 Å². The molecule has 0 saturated carbocycles. The first kappa shape index (κ1) is 20.8. The molecular formula is C22H19BrClF2NO. The molecule has 2 nitrogen and oxygen atoms in total. The molecule has 0 bridgehead atoms. The van der Waals surface area contributed by atoms with Gasteiger partial charge in [0.1, 0.15) is 24.0 Å². The van der Waals surface area contributed by atoms with Gasteiger partial charge in [0.15, 0.2) is 0 Å². The van der Waals surface area contributed by atoms with Gasteiger partial charge in [-0.3, -0.25) is 0 Å². The van der Waals surface area contributed by atoms with Crippen LogP contribution in [0.25, 0.3) is 0 Å². The molecule has 0 saturated heterocycles. The second-order valence-corrected chi connectivity index (χ2v) is 7.62. The number of hydrogen-bond donors (Lipinski definition) is 1. The van der Waals surface area contributed by atoms with E-state index in [1.165, 1.54) is 18.2 Å². The van der Waals surface area contributed by atoms with Crippen LogP contribution in [0.5, 0.6) is 5.75 Å². The van der Waals surface area contributed by atoms with Gasteiger partial charge in [0.25, 0.3) is 0 Å². The second-order valence-electron chi connectivity index (χ2n) is 6.29. The summed E-state index contributed by atoms with van der Waals surface area (Å²) < 4.78 is 33.7. The van der Waals surface area contributed by atoms with E-state index in [4.69, 9.17) is 16.3 Å². The molecule has 28 heavy (non-hydrogen) atoms. The van der Waals surface area contributed by atoms with Crippen molar-refractivity contribution in [1.82, 2.24) is 5.32 Å². The average Bonchev–Trinajstić information content (AvgIpc) is 2.67. The lowest BCUT2D eigenvalue weighted by Gasteiger charge is -2.14. The summed E-state index contributed by atoms with van der Waals surface area (Å²) in [5, 5.41) is 3.65. The highest BCUT2D eigenvalue weighted by atomic mass is 79.9. The fourth-order valence-corrected chi connectivity index (χ4v) is 3.40. The predicted octanol–water partition coefficient (Wildman–Crippen LogP) is 6.29. The zero-order valence-electron chi connectivity index (χ0n) is 15.0. The van der Waals surface area contributed by atoms with E-state index >= 15 is 0 Å². The van der Waals surface area contributed by atoms with E-state index in [2.05, 4.69) is 21.2 Å². The standard InChI is InChI=1S/C22H19BrClF2NO/c23-18-6-8-22(28-14-16-5-7-19(25)12-20(16)24)17(11-18)13-27-10-9-15-3-1-2-4-21(15)26/h1-8,11-12,27H,9-10,13-14H2. The Hall–Kier alpha value is -1.95. The summed E-state index contributed by atoms with van der Waals surface area (Å²) in [7, 11) is 0. The molecule has 0 aromatic heterocycles. The van der Waals surface area contributed by atoms with Crippen molar-refractivity contribution >= 4 is 27.5 Å². The summed E-state index contributed by atoms with van der Waals surface area (Å²) in [4.78, 5) is 0. The van der Waals surface area contributed by atoms with Crippen molar-refractivity contribution in [3.05, 3.63) is 98.5 Å². The monoisotopic (exact) mass is 465 g/mol. The highest BCUT2D eigenvalue weighted by molar-refractivity contribution is 9.10. The number of hydrogen-bond acceptors (Lipinski definition) is 2. The van der Waals surface area contributed by atoms with E-state index < -0.39 is 0 Å². The van der Waals surface area contributed by atoms with Crippen LogP contribution in [0.4, 0.5) is 8.78 Å². The smallest absolute Gasteiger partial charge is 0.126 e. The van der Waals surface area contributed by atoms with Gasteiger partial charge in [-0.25, -0.2) is 8.78 Å². The lowest BCUT2D eigenvalue weighted by Crippen LogP contribution is -2.17. The molecular weight excluding hydrogens is 448 g/mol. The third-order valence-electron chi connectivity index (χ3n) is 4.27. The molecule has 0 fully saturated rings. The second kappa shape index (κ2) is 10.0. The van der Waals surface area contributed by atoms with Crippen LogP contribution in [0.1, 0.15) is 16.7 Å². The molecule has 0 aliphatic rings. The molecule has 1 N–H and O–H groups in total. The molecule has 3 aromatic carbocycles. The minimum Gasteiger partial charge on any atom is -0.489 e. The fraction of sp³-hybridized carbons (Fsp3) is 0.182. The molecule has 0 aliphatic heterocycles. The van der Waals surface area contributed by atoms with Crippen LogP contribution in [0.3, 0.4) is 0 Å². The Morgan fingerprint density at radius 1 is 0.929 bits per heavy atom. The number of benzene rings is 3. The van der Waals surface area contributed by atoms with Crippen LogP contribution in [0, 0.1) is 11.6 Å². The van der Waals surface area contributed by atoms with Gasteiger partial charge in [-0.1, -0.05) is 51.8 Å². The maximum absolute atomic E-state index is 13.7. The summed E-state index contributed by atoms with van der Waals surface area (Å²) in [5.74, 6) is 0.145. The van der Waals surface area contributed by atoms with Crippen LogP contribution in [0.2, 0.25) is 5.02 Å². The van der Waals surface area contributed by atoms with Crippen LogP contribution in [-0.4, -0.2) is 6.54 Å². The number of ether oxygens (including phenoxy) is 1. The lowest BCUT2D eigenvalue weighted by molar-refractivity contribution is 0.302. The Bertz CT molecular complexity index is 952. The number of nitrogens with one attached hydrogen (secondary N) is 1. The molecule has 0 atom stereocenters. The van der Waals surface area contributed by atoms with E-state index in [1.807, 2.05) is 24.3 Å². The van der Waals surface area contributed by atoms with E-state index in [9.17, 15) is 8.78 Å². The maximum atomic E-state index is 13.7. The third-order valence-corrected chi connectivity index (χ3v) is 5.11. The Kier molecular flexibility index (Phi) is 7.43. The first-order chi connectivity index (χ1) is 13.5. The third kappa shape index (κ3) is 5.77. The largest absolute Gasteiger partial charge is 0.489 e. The van der Waals surface area contributed by atoms with E-state index in [-0.39, 0.29) is 18.2 Å². The van der Waals surface area contributed by atoms with Crippen LogP contribution in [0.15, 0.2) is 65.1 Å². The SMILES string of the molecule is Fc1ccc(COc2ccc(Br)cc2CNCCc2ccccc2F)c(Cl)c1. The minimum absolute atomic E-state index is 0.188. The Balaban J connectivity index is 1.59. The molecule has 146 valence electrons. The summed E-state index contributed by atoms with van der Waals surface area (Å²) in [6.07, 6.45) is 0.599. The summed E-state index contributed by atoms with van der Waals surface area (Å²) in [5.41, 5.74) is 2.36. The van der Waals surface area contributed by atoms with Gasteiger partial charge in [-0.05, 0) is 54.9 Å². The lowest BCUT2D eigenvalue weighted by atomic mass is 10.1. The van der Waals surface area contributed by atoms with Gasteiger partial charge in [0, 0.05) is 22.1 Å². The zero-order valence-corrected chi connectivity index (χ0v) is 17.4. The Morgan fingerprint density at radius 2 is 1.75 bits per heavy atom. The van der Waals surface area contributed by atoms with Crippen molar-refractivity contribution in [2.45, 2.75) is 19.6 Å². The maximum Gasteiger partial charge on any atom is 0.126 e. The normalized spacial score (nSPS) is 10.9. The summed E-state index contributed by atoms with van der Waals surface area (Å²) in [6, 6.07) is 16.8. The van der Waals surface area contributed by atoms with Gasteiger partial charge < -0.3 is 10.1 Å². The molecule has 0 heterocycles. The van der Waals surface area contributed by atoms with Crippen molar-refractivity contribution in [2.75, 3.05) is 6.54 Å². The minimum atomic E-state index is -0.378. The van der Waals surface area contributed by atoms with E-state index in [0.29, 0.717) is 41.4 Å². The molecule has 3 rings (SSSR count). The highest BCUT2D eigenvalue weighted by Crippen LogP contribution is 2.26. The quantitative estimate of drug-likeness (QED) is 0.394. The zero-order chi connectivity index (χ0) is 19.9. The van der Waals surface area contributed by atoms with E-state index in [0.717, 1.165) is 10.0 Å². The van der Waals surface area contributed by atoms with Crippen LogP contribution < -0.4 is 10.1 Å². The molecule has 0 amide bonds. The van der Waals surface area contributed by atoms with Crippen LogP contribution in [-0.2, 0) is 19.6 Å². The molecule has 0 radical (unpaired) electrons. The van der Waals surface area contributed by atoms with Gasteiger partial charge in [-0.15, -0.1) is 0 Å². The average molecular weight is 467 g/mol. The molecule has 0 unspecified atom stereocenters. The van der Waals surface area contributed by atoms with Crippen LogP contribution >= 0.6 is 27.5 Å². The molecule has 0 aliphatic carbocycles. The summed E-state index contributed by atoms with van der Waals surface area (Å²) >= 11 is 9.54. The van der Waals surface area contributed by atoms with Crippen molar-refractivity contribution in [3.8, 4) is 5.75 Å². The molecule has 0 spiro atoms. The van der Waals surface area contributed by atoms with Gasteiger partial charge >= 0.3 is 0 Å². The van der Waals surface area contributed by atoms with E-state index in [1.54, 1.807) is 18.2 Å². The summed E-state index contributed by atoms with van der Waals surface area (Å²) in [6.45, 7) is 1.44. The fourth-order valence-electron chi connectivity index (χ4n) is 2.77. The van der Waals surface area contributed by atoms with Crippen molar-refractivity contribution < 1.29 is 13.5 Å². The number of rotatable bonds is 8. The molecule has 6 heteroatoms. The Labute approximate surface area is 176 Å². The van der Waals surface area contributed by atoms with Gasteiger partial charge in [-0.2, -0.15) is 0 Å². The van der Waals surface area contributed by atoms with Gasteiger partial charge in [0.05, 0.1) is 5.02 Å². The first-order valence-corrected chi connectivity index (χ1v) is 9.99.